The highest BCUT2D eigenvalue weighted by Crippen LogP contribution is 2.08. The first kappa shape index (κ1) is 17.2. The molecule has 1 aromatic rings. The van der Waals surface area contributed by atoms with Crippen molar-refractivity contribution in [2.45, 2.75) is 39.0 Å². The maximum Gasteiger partial charge on any atom is 0.316 e. The molecule has 1 amide bonds. The predicted octanol–water partition coefficient (Wildman–Crippen LogP) is 3.34. The molecule has 0 atom stereocenters. The van der Waals surface area contributed by atoms with Crippen molar-refractivity contribution in [2.75, 3.05) is 13.1 Å². The maximum absolute atomic E-state index is 11.9. The zero-order valence-electron chi connectivity index (χ0n) is 12.4. The third-order valence-corrected chi connectivity index (χ3v) is 3.27. The molecule has 21 heavy (non-hydrogen) atoms. The molecule has 1 rings (SSSR count). The predicted molar refractivity (Wildman–Crippen MR) is 82.5 cm³/mol. The Labute approximate surface area is 125 Å². The fourth-order valence-electron chi connectivity index (χ4n) is 2.00. The standard InChI is InChI=1S/C16H22N2O3/c1-2-3-4-5-11-17-12-10-15(19)13-6-8-14(9-7-13)16(20)18-21/h6-9,17H,2-5,10-12H2,1H3. The Hall–Kier alpha value is -1.88. The van der Waals surface area contributed by atoms with Crippen molar-refractivity contribution in [3.63, 3.8) is 0 Å². The number of hydrogen-bond acceptors (Lipinski definition) is 4. The molecule has 5 nitrogen and oxygen atoms in total. The van der Waals surface area contributed by atoms with Gasteiger partial charge in [-0.3, -0.25) is 9.59 Å². The van der Waals surface area contributed by atoms with Gasteiger partial charge in [-0.1, -0.05) is 38.3 Å². The lowest BCUT2D eigenvalue weighted by atomic mass is 10.1. The Morgan fingerprint density at radius 1 is 1.00 bits per heavy atom. The van der Waals surface area contributed by atoms with E-state index in [1.165, 1.54) is 31.4 Å². The van der Waals surface area contributed by atoms with E-state index in [1.807, 2.05) is 0 Å². The fourth-order valence-corrected chi connectivity index (χ4v) is 2.00. The summed E-state index contributed by atoms with van der Waals surface area (Å²) in [6, 6.07) is 6.02. The summed E-state index contributed by atoms with van der Waals surface area (Å²) in [6.45, 7) is 3.77. The number of amides is 1. The first-order valence-corrected chi connectivity index (χ1v) is 7.40. The van der Waals surface area contributed by atoms with Crippen LogP contribution in [0.25, 0.3) is 0 Å². The van der Waals surface area contributed by atoms with Crippen molar-refractivity contribution in [1.82, 2.24) is 5.32 Å². The molecule has 0 unspecified atom stereocenters. The molecule has 0 aliphatic heterocycles. The number of nitroso groups, excluding NO2 is 1. The van der Waals surface area contributed by atoms with Crippen LogP contribution in [0, 0.1) is 4.91 Å². The van der Waals surface area contributed by atoms with Gasteiger partial charge in [-0.25, -0.2) is 0 Å². The molecule has 0 saturated heterocycles. The summed E-state index contributed by atoms with van der Waals surface area (Å²) in [7, 11) is 0. The number of nitrogens with one attached hydrogen (secondary N) is 1. The average molecular weight is 290 g/mol. The summed E-state index contributed by atoms with van der Waals surface area (Å²) in [5.74, 6) is -0.795. The van der Waals surface area contributed by atoms with Crippen LogP contribution in [0.5, 0.6) is 0 Å². The molecule has 0 saturated carbocycles. The molecular weight excluding hydrogens is 268 g/mol. The van der Waals surface area contributed by atoms with Crippen molar-refractivity contribution in [3.05, 3.63) is 40.3 Å². The Kier molecular flexibility index (Phi) is 8.12. The van der Waals surface area contributed by atoms with Crippen LogP contribution < -0.4 is 5.32 Å². The van der Waals surface area contributed by atoms with Gasteiger partial charge in [0.1, 0.15) is 0 Å². The summed E-state index contributed by atoms with van der Waals surface area (Å²) < 4.78 is 0. The van der Waals surface area contributed by atoms with Crippen LogP contribution in [0.15, 0.2) is 29.4 Å². The summed E-state index contributed by atoms with van der Waals surface area (Å²) >= 11 is 0. The number of unbranched alkanes of at least 4 members (excludes halogenated alkanes) is 3. The minimum atomic E-state index is -0.817. The number of carbonyl (C=O) groups excluding carboxylic acids is 2. The molecule has 114 valence electrons. The lowest BCUT2D eigenvalue weighted by Crippen LogP contribution is -2.19. The topological polar surface area (TPSA) is 75.6 Å². The Balaban J connectivity index is 2.29. The highest BCUT2D eigenvalue weighted by Gasteiger charge is 2.08. The van der Waals surface area contributed by atoms with Crippen molar-refractivity contribution in [1.29, 1.82) is 0 Å². The van der Waals surface area contributed by atoms with Gasteiger partial charge in [0, 0.05) is 29.3 Å². The zero-order chi connectivity index (χ0) is 15.5. The molecule has 0 aliphatic carbocycles. The fraction of sp³-hybridized carbons (Fsp3) is 0.500. The Morgan fingerprint density at radius 2 is 1.67 bits per heavy atom. The second-order valence-electron chi connectivity index (χ2n) is 4.96. The van der Waals surface area contributed by atoms with Gasteiger partial charge >= 0.3 is 5.91 Å². The van der Waals surface area contributed by atoms with Gasteiger partial charge in [-0.2, -0.15) is 0 Å². The minimum absolute atomic E-state index is 0.0223. The lowest BCUT2D eigenvalue weighted by molar-refractivity contribution is 0.0977. The molecule has 0 spiro atoms. The van der Waals surface area contributed by atoms with Gasteiger partial charge in [0.05, 0.1) is 0 Å². The maximum atomic E-state index is 11.9. The van der Waals surface area contributed by atoms with E-state index >= 15 is 0 Å². The van der Waals surface area contributed by atoms with Crippen LogP contribution in [0.3, 0.4) is 0 Å². The van der Waals surface area contributed by atoms with Gasteiger partial charge in [0.25, 0.3) is 0 Å². The number of rotatable bonds is 10. The van der Waals surface area contributed by atoms with E-state index < -0.39 is 5.91 Å². The summed E-state index contributed by atoms with van der Waals surface area (Å²) in [5.41, 5.74) is 0.751. The van der Waals surface area contributed by atoms with Gasteiger partial charge in [-0.05, 0) is 25.1 Å². The van der Waals surface area contributed by atoms with Gasteiger partial charge < -0.3 is 5.32 Å². The van der Waals surface area contributed by atoms with E-state index in [0.29, 0.717) is 18.5 Å². The van der Waals surface area contributed by atoms with Crippen LogP contribution >= 0.6 is 0 Å². The van der Waals surface area contributed by atoms with Gasteiger partial charge in [0.15, 0.2) is 5.78 Å². The van der Waals surface area contributed by atoms with E-state index in [9.17, 15) is 14.5 Å². The first-order valence-electron chi connectivity index (χ1n) is 7.40. The van der Waals surface area contributed by atoms with E-state index in [0.717, 1.165) is 13.0 Å². The van der Waals surface area contributed by atoms with E-state index in [1.54, 1.807) is 12.1 Å². The lowest BCUT2D eigenvalue weighted by Gasteiger charge is -2.04. The quantitative estimate of drug-likeness (QED) is 0.407. The normalized spacial score (nSPS) is 10.3. The molecule has 0 radical (unpaired) electrons. The summed E-state index contributed by atoms with van der Waals surface area (Å²) in [6.07, 6.45) is 5.25. The minimum Gasteiger partial charge on any atom is -0.316 e. The number of nitrogens with zero attached hydrogens (tertiary/aromatic N) is 1. The van der Waals surface area contributed by atoms with E-state index in [-0.39, 0.29) is 11.3 Å². The largest absolute Gasteiger partial charge is 0.316 e. The van der Waals surface area contributed by atoms with Crippen LogP contribution in [-0.2, 0) is 0 Å². The van der Waals surface area contributed by atoms with Crippen molar-refractivity contribution < 1.29 is 9.59 Å². The Bertz CT molecular complexity index is 469. The van der Waals surface area contributed by atoms with Crippen LogP contribution in [0.4, 0.5) is 0 Å². The molecule has 0 heterocycles. The second kappa shape index (κ2) is 9.94. The third-order valence-electron chi connectivity index (χ3n) is 3.27. The van der Waals surface area contributed by atoms with Crippen molar-refractivity contribution in [3.8, 4) is 0 Å². The van der Waals surface area contributed by atoms with E-state index in [4.69, 9.17) is 0 Å². The number of Topliss-reactive ketones (excluding diaryl/α,β-unsaturated/α-hetero) is 1. The van der Waals surface area contributed by atoms with Crippen LogP contribution in [0.1, 0.15) is 59.7 Å². The summed E-state index contributed by atoms with van der Waals surface area (Å²) in [4.78, 5) is 33.1. The number of ketones is 1. The smallest absolute Gasteiger partial charge is 0.316 e. The summed E-state index contributed by atoms with van der Waals surface area (Å²) in [5, 5.41) is 5.59. The molecule has 1 aromatic carbocycles. The van der Waals surface area contributed by atoms with Crippen molar-refractivity contribution >= 4 is 11.7 Å². The monoisotopic (exact) mass is 290 g/mol. The highest BCUT2D eigenvalue weighted by molar-refractivity contribution is 5.99. The molecule has 0 bridgehead atoms. The average Bonchev–Trinajstić information content (AvgIpc) is 2.53. The van der Waals surface area contributed by atoms with Gasteiger partial charge in [0.2, 0.25) is 0 Å². The van der Waals surface area contributed by atoms with Gasteiger partial charge in [-0.15, -0.1) is 4.91 Å². The molecule has 1 N–H and O–H groups in total. The number of benzene rings is 1. The second-order valence-corrected chi connectivity index (χ2v) is 4.96. The molecular formula is C16H22N2O3. The molecule has 5 heteroatoms. The Morgan fingerprint density at radius 3 is 2.29 bits per heavy atom. The first-order chi connectivity index (χ1) is 10.2. The van der Waals surface area contributed by atoms with Crippen molar-refractivity contribution in [2.24, 2.45) is 5.18 Å². The molecule has 0 aliphatic rings. The van der Waals surface area contributed by atoms with E-state index in [2.05, 4.69) is 17.4 Å². The van der Waals surface area contributed by atoms with Crippen LogP contribution in [-0.4, -0.2) is 24.8 Å². The third kappa shape index (κ3) is 6.40. The molecule has 0 aromatic heterocycles. The molecule has 0 fully saturated rings. The van der Waals surface area contributed by atoms with Crippen LogP contribution in [0.2, 0.25) is 0 Å². The highest BCUT2D eigenvalue weighted by atomic mass is 16.3. The SMILES string of the molecule is CCCCCCNCCC(=O)c1ccc(C(=O)N=O)cc1. The number of hydrogen-bond donors (Lipinski definition) is 1. The number of carbonyl (C=O) groups is 2. The zero-order valence-corrected chi connectivity index (χ0v) is 12.4.